The Hall–Kier alpha value is -2.70. The number of anilines is 1. The predicted molar refractivity (Wildman–Crippen MR) is 115 cm³/mol. The quantitative estimate of drug-likeness (QED) is 0.577. The van der Waals surface area contributed by atoms with Crippen molar-refractivity contribution in [1.29, 1.82) is 0 Å². The van der Waals surface area contributed by atoms with Crippen LogP contribution in [0.1, 0.15) is 62.8 Å². The molecule has 4 nitrogen and oxygen atoms in total. The van der Waals surface area contributed by atoms with E-state index in [2.05, 4.69) is 5.32 Å². The Kier molecular flexibility index (Phi) is 6.82. The fourth-order valence-corrected chi connectivity index (χ4v) is 3.66. The van der Waals surface area contributed by atoms with Gasteiger partial charge in [0.25, 0.3) is 0 Å². The highest BCUT2D eigenvalue weighted by Gasteiger charge is 2.31. The summed E-state index contributed by atoms with van der Waals surface area (Å²) in [5, 5.41) is 3.23. The number of likely N-dealkylation sites (tertiary alicyclic amines) is 1. The van der Waals surface area contributed by atoms with Gasteiger partial charge in [0.15, 0.2) is 0 Å². The van der Waals surface area contributed by atoms with Gasteiger partial charge in [0, 0.05) is 18.8 Å². The molecule has 1 amide bonds. The lowest BCUT2D eigenvalue weighted by molar-refractivity contribution is -0.137. The molecule has 0 aliphatic carbocycles. The van der Waals surface area contributed by atoms with Crippen LogP contribution < -0.4 is 5.32 Å². The number of rotatable bonds is 4. The molecule has 1 atom stereocenters. The van der Waals surface area contributed by atoms with Gasteiger partial charge in [-0.3, -0.25) is 0 Å². The first-order chi connectivity index (χ1) is 14.5. The maximum atomic E-state index is 12.7. The van der Waals surface area contributed by atoms with Crippen LogP contribution in [0, 0.1) is 0 Å². The molecular formula is C24H29F3N2O2. The van der Waals surface area contributed by atoms with E-state index < -0.39 is 17.3 Å². The molecule has 7 heteroatoms. The first-order valence-electron chi connectivity index (χ1n) is 10.5. The maximum absolute atomic E-state index is 12.7. The minimum Gasteiger partial charge on any atom is -0.444 e. The van der Waals surface area contributed by atoms with E-state index in [0.29, 0.717) is 13.1 Å². The Morgan fingerprint density at radius 1 is 1.03 bits per heavy atom. The Bertz CT molecular complexity index is 872. The number of hydrogen-bond acceptors (Lipinski definition) is 3. The van der Waals surface area contributed by atoms with Gasteiger partial charge in [-0.05, 0) is 75.4 Å². The number of benzene rings is 2. The fraction of sp³-hybridized carbons (Fsp3) is 0.458. The van der Waals surface area contributed by atoms with E-state index in [4.69, 9.17) is 4.74 Å². The van der Waals surface area contributed by atoms with Crippen LogP contribution in [-0.2, 0) is 17.5 Å². The summed E-state index contributed by atoms with van der Waals surface area (Å²) in [4.78, 5) is 14.4. The van der Waals surface area contributed by atoms with Crippen LogP contribution in [0.3, 0.4) is 0 Å². The Morgan fingerprint density at radius 2 is 1.68 bits per heavy atom. The highest BCUT2D eigenvalue weighted by Crippen LogP contribution is 2.33. The second kappa shape index (κ2) is 9.20. The second-order valence-corrected chi connectivity index (χ2v) is 8.86. The van der Waals surface area contributed by atoms with Gasteiger partial charge < -0.3 is 15.0 Å². The molecule has 3 rings (SSSR count). The van der Waals surface area contributed by atoms with E-state index in [1.165, 1.54) is 12.1 Å². The van der Waals surface area contributed by atoms with Gasteiger partial charge in [-0.2, -0.15) is 13.2 Å². The molecular weight excluding hydrogens is 405 g/mol. The molecule has 0 spiro atoms. The number of nitrogens with zero attached hydrogens (tertiary/aromatic N) is 1. The SMILES string of the molecule is CC(C)(C)OC(=O)N1CCCCC1c1ccc(NCc2ccc(C(F)(F)F)cc2)cc1. The first kappa shape index (κ1) is 23.0. The topological polar surface area (TPSA) is 41.6 Å². The minimum absolute atomic E-state index is 0.0208. The third-order valence-electron chi connectivity index (χ3n) is 5.20. The zero-order valence-corrected chi connectivity index (χ0v) is 18.1. The van der Waals surface area contributed by atoms with Gasteiger partial charge in [-0.15, -0.1) is 0 Å². The van der Waals surface area contributed by atoms with Crippen molar-refractivity contribution in [2.24, 2.45) is 0 Å². The highest BCUT2D eigenvalue weighted by atomic mass is 19.4. The molecule has 1 N–H and O–H groups in total. The van der Waals surface area contributed by atoms with Crippen LogP contribution in [0.15, 0.2) is 48.5 Å². The number of amides is 1. The summed E-state index contributed by atoms with van der Waals surface area (Å²) in [6.07, 6.45) is -1.71. The van der Waals surface area contributed by atoms with E-state index in [-0.39, 0.29) is 12.1 Å². The van der Waals surface area contributed by atoms with Gasteiger partial charge in [0.1, 0.15) is 5.60 Å². The predicted octanol–water partition coefficient (Wildman–Crippen LogP) is 6.78. The number of carbonyl (C=O) groups is 1. The minimum atomic E-state index is -4.33. The van der Waals surface area contributed by atoms with Crippen LogP contribution in [0.25, 0.3) is 0 Å². The van der Waals surface area contributed by atoms with Crippen LogP contribution in [0.2, 0.25) is 0 Å². The zero-order valence-electron chi connectivity index (χ0n) is 18.1. The third kappa shape index (κ3) is 6.39. The zero-order chi connectivity index (χ0) is 22.6. The summed E-state index contributed by atoms with van der Waals surface area (Å²) >= 11 is 0. The molecule has 2 aromatic rings. The van der Waals surface area contributed by atoms with Crippen molar-refractivity contribution >= 4 is 11.8 Å². The summed E-state index contributed by atoms with van der Waals surface area (Å²) in [7, 11) is 0. The highest BCUT2D eigenvalue weighted by molar-refractivity contribution is 5.69. The average Bonchev–Trinajstić information content (AvgIpc) is 2.71. The number of hydrogen-bond donors (Lipinski definition) is 1. The van der Waals surface area contributed by atoms with Crippen molar-refractivity contribution in [3.63, 3.8) is 0 Å². The average molecular weight is 435 g/mol. The summed E-state index contributed by atoms with van der Waals surface area (Å²) < 4.78 is 43.6. The van der Waals surface area contributed by atoms with Crippen molar-refractivity contribution in [3.8, 4) is 0 Å². The van der Waals surface area contributed by atoms with Crippen LogP contribution in [0.5, 0.6) is 0 Å². The number of ether oxygens (including phenoxy) is 1. The smallest absolute Gasteiger partial charge is 0.416 e. The molecule has 2 aromatic carbocycles. The van der Waals surface area contributed by atoms with Crippen LogP contribution in [0.4, 0.5) is 23.7 Å². The lowest BCUT2D eigenvalue weighted by atomic mass is 9.95. The van der Waals surface area contributed by atoms with Gasteiger partial charge in [0.2, 0.25) is 0 Å². The second-order valence-electron chi connectivity index (χ2n) is 8.86. The number of halogens is 3. The Labute approximate surface area is 181 Å². The van der Waals surface area contributed by atoms with Gasteiger partial charge in [-0.1, -0.05) is 24.3 Å². The normalized spacial score (nSPS) is 17.4. The standard InChI is InChI=1S/C24H29F3N2O2/c1-23(2,3)31-22(30)29-15-5-4-6-21(29)18-9-13-20(14-10-18)28-16-17-7-11-19(12-8-17)24(25,26)27/h7-14,21,28H,4-6,15-16H2,1-3H3. The largest absolute Gasteiger partial charge is 0.444 e. The van der Waals surface area contributed by atoms with Gasteiger partial charge in [0.05, 0.1) is 11.6 Å². The van der Waals surface area contributed by atoms with Crippen molar-refractivity contribution in [1.82, 2.24) is 4.90 Å². The van der Waals surface area contributed by atoms with E-state index in [1.807, 2.05) is 45.0 Å². The monoisotopic (exact) mass is 434 g/mol. The fourth-order valence-electron chi connectivity index (χ4n) is 3.66. The van der Waals surface area contributed by atoms with E-state index >= 15 is 0 Å². The molecule has 31 heavy (non-hydrogen) atoms. The molecule has 1 fully saturated rings. The number of nitrogens with one attached hydrogen (secondary N) is 1. The van der Waals surface area contributed by atoms with E-state index in [0.717, 1.165) is 48.2 Å². The first-order valence-corrected chi connectivity index (χ1v) is 10.5. The summed E-state index contributed by atoms with van der Waals surface area (Å²) in [5.41, 5.74) is 1.49. The molecule has 0 bridgehead atoms. The van der Waals surface area contributed by atoms with Crippen molar-refractivity contribution in [3.05, 3.63) is 65.2 Å². The molecule has 1 aliphatic rings. The third-order valence-corrected chi connectivity index (χ3v) is 5.20. The van der Waals surface area contributed by atoms with Crippen molar-refractivity contribution in [2.45, 2.75) is 64.4 Å². The molecule has 1 saturated heterocycles. The lowest BCUT2D eigenvalue weighted by Gasteiger charge is -2.37. The molecule has 0 radical (unpaired) electrons. The molecule has 168 valence electrons. The lowest BCUT2D eigenvalue weighted by Crippen LogP contribution is -2.41. The Balaban J connectivity index is 1.62. The summed E-state index contributed by atoms with van der Waals surface area (Å²) in [5.74, 6) is 0. The van der Waals surface area contributed by atoms with Gasteiger partial charge in [-0.25, -0.2) is 4.79 Å². The molecule has 1 heterocycles. The van der Waals surface area contributed by atoms with E-state index in [9.17, 15) is 18.0 Å². The van der Waals surface area contributed by atoms with E-state index in [1.54, 1.807) is 4.90 Å². The molecule has 0 aromatic heterocycles. The summed E-state index contributed by atoms with van der Waals surface area (Å²) in [6, 6.07) is 13.0. The van der Waals surface area contributed by atoms with Crippen molar-refractivity contribution < 1.29 is 22.7 Å². The van der Waals surface area contributed by atoms with Crippen molar-refractivity contribution in [2.75, 3.05) is 11.9 Å². The number of alkyl halides is 3. The van der Waals surface area contributed by atoms with Crippen LogP contribution in [-0.4, -0.2) is 23.1 Å². The summed E-state index contributed by atoms with van der Waals surface area (Å²) in [6.45, 7) is 6.68. The maximum Gasteiger partial charge on any atom is 0.416 e. The molecule has 1 unspecified atom stereocenters. The number of piperidine rings is 1. The molecule has 0 saturated carbocycles. The van der Waals surface area contributed by atoms with Crippen LogP contribution >= 0.6 is 0 Å². The number of carbonyl (C=O) groups excluding carboxylic acids is 1. The Morgan fingerprint density at radius 3 is 2.26 bits per heavy atom. The molecule has 1 aliphatic heterocycles. The van der Waals surface area contributed by atoms with Gasteiger partial charge >= 0.3 is 12.3 Å².